The van der Waals surface area contributed by atoms with E-state index in [0.717, 1.165) is 47.5 Å². The quantitative estimate of drug-likeness (QED) is 0.799. The Labute approximate surface area is 113 Å². The van der Waals surface area contributed by atoms with Crippen LogP contribution in [0, 0.1) is 0 Å². The van der Waals surface area contributed by atoms with Crippen LogP contribution in [0.5, 0.6) is 5.75 Å². The largest absolute Gasteiger partial charge is 0.493 e. The molecule has 3 heteroatoms. The molecule has 0 saturated carbocycles. The topological polar surface area (TPSA) is 21.3 Å². The van der Waals surface area contributed by atoms with Crippen molar-refractivity contribution in [1.82, 2.24) is 5.32 Å². The van der Waals surface area contributed by atoms with Crippen molar-refractivity contribution in [1.29, 1.82) is 0 Å². The minimum Gasteiger partial charge on any atom is -0.493 e. The number of benzene rings is 2. The molecule has 0 atom stereocenters. The van der Waals surface area contributed by atoms with Crippen LogP contribution in [0.3, 0.4) is 0 Å². The summed E-state index contributed by atoms with van der Waals surface area (Å²) in [4.78, 5) is 0. The lowest BCUT2D eigenvalue weighted by atomic mass is 10.1. The molecule has 0 unspecified atom stereocenters. The molecule has 18 heavy (non-hydrogen) atoms. The molecule has 0 aliphatic heterocycles. The van der Waals surface area contributed by atoms with Gasteiger partial charge in [0, 0.05) is 15.8 Å². The van der Waals surface area contributed by atoms with Crippen LogP contribution in [0.15, 0.2) is 36.4 Å². The highest BCUT2D eigenvalue weighted by atomic mass is 35.5. The Morgan fingerprint density at radius 1 is 1.06 bits per heavy atom. The van der Waals surface area contributed by atoms with Gasteiger partial charge in [-0.3, -0.25) is 0 Å². The van der Waals surface area contributed by atoms with E-state index in [4.69, 9.17) is 16.3 Å². The summed E-state index contributed by atoms with van der Waals surface area (Å²) in [7, 11) is 1.97. The van der Waals surface area contributed by atoms with Gasteiger partial charge in [-0.15, -0.1) is 0 Å². The highest BCUT2D eigenvalue weighted by Crippen LogP contribution is 2.31. The van der Waals surface area contributed by atoms with Crippen molar-refractivity contribution in [2.75, 3.05) is 20.2 Å². The summed E-state index contributed by atoms with van der Waals surface area (Å²) in [5.41, 5.74) is 0. The first-order valence-corrected chi connectivity index (χ1v) is 6.65. The Balaban J connectivity index is 2.07. The molecule has 2 nitrogen and oxygen atoms in total. The second-order valence-electron chi connectivity index (χ2n) is 4.25. The smallest absolute Gasteiger partial charge is 0.127 e. The molecule has 96 valence electrons. The number of rotatable bonds is 6. The first-order valence-electron chi connectivity index (χ1n) is 6.27. The molecule has 0 heterocycles. The van der Waals surface area contributed by atoms with Gasteiger partial charge in [0.15, 0.2) is 0 Å². The monoisotopic (exact) mass is 263 g/mol. The Kier molecular flexibility index (Phi) is 4.85. The molecule has 0 saturated heterocycles. The minimum atomic E-state index is 0.743. The fourth-order valence-electron chi connectivity index (χ4n) is 1.95. The third-order valence-electron chi connectivity index (χ3n) is 2.91. The first-order chi connectivity index (χ1) is 8.83. The number of unbranched alkanes of at least 4 members (excludes halogenated alkanes) is 1. The maximum absolute atomic E-state index is 6.17. The van der Waals surface area contributed by atoms with Crippen molar-refractivity contribution in [3.8, 4) is 5.75 Å². The van der Waals surface area contributed by atoms with Gasteiger partial charge in [-0.2, -0.15) is 0 Å². The van der Waals surface area contributed by atoms with Gasteiger partial charge in [-0.05, 0) is 38.6 Å². The molecule has 1 N–H and O–H groups in total. The average molecular weight is 264 g/mol. The molecule has 0 aromatic heterocycles. The van der Waals surface area contributed by atoms with Crippen LogP contribution in [-0.2, 0) is 0 Å². The van der Waals surface area contributed by atoms with Gasteiger partial charge < -0.3 is 10.1 Å². The molecule has 2 aromatic rings. The van der Waals surface area contributed by atoms with E-state index in [1.165, 1.54) is 0 Å². The summed E-state index contributed by atoms with van der Waals surface area (Å²) < 4.78 is 5.83. The second-order valence-corrected chi connectivity index (χ2v) is 4.66. The van der Waals surface area contributed by atoms with Crippen molar-refractivity contribution < 1.29 is 4.74 Å². The van der Waals surface area contributed by atoms with Crippen LogP contribution in [0.2, 0.25) is 5.02 Å². The minimum absolute atomic E-state index is 0.743. The lowest BCUT2D eigenvalue weighted by molar-refractivity contribution is 0.310. The summed E-state index contributed by atoms with van der Waals surface area (Å²) in [6.45, 7) is 1.78. The van der Waals surface area contributed by atoms with Crippen LogP contribution in [-0.4, -0.2) is 20.2 Å². The van der Waals surface area contributed by atoms with Crippen molar-refractivity contribution >= 4 is 22.4 Å². The van der Waals surface area contributed by atoms with Gasteiger partial charge in [-0.25, -0.2) is 0 Å². The van der Waals surface area contributed by atoms with Crippen LogP contribution in [0.1, 0.15) is 12.8 Å². The van der Waals surface area contributed by atoms with E-state index < -0.39 is 0 Å². The zero-order chi connectivity index (χ0) is 12.8. The SMILES string of the molecule is CNCCCCOc1ccc(Cl)c2ccccc12. The molecule has 0 aliphatic carbocycles. The Morgan fingerprint density at radius 3 is 2.61 bits per heavy atom. The standard InChI is InChI=1S/C15H18ClNO/c1-17-10-4-5-11-18-15-9-8-14(16)12-6-2-3-7-13(12)15/h2-3,6-9,17H,4-5,10-11H2,1H3. The zero-order valence-corrected chi connectivity index (χ0v) is 11.3. The van der Waals surface area contributed by atoms with Crippen LogP contribution >= 0.6 is 11.6 Å². The molecule has 2 aromatic carbocycles. The highest BCUT2D eigenvalue weighted by Gasteiger charge is 2.04. The average Bonchev–Trinajstić information content (AvgIpc) is 2.41. The molecule has 0 fully saturated rings. The number of hydrogen-bond donors (Lipinski definition) is 1. The predicted octanol–water partition coefficient (Wildman–Crippen LogP) is 3.87. The van der Waals surface area contributed by atoms with E-state index >= 15 is 0 Å². The van der Waals surface area contributed by atoms with Crippen LogP contribution in [0.4, 0.5) is 0 Å². The van der Waals surface area contributed by atoms with Crippen LogP contribution < -0.4 is 10.1 Å². The number of hydrogen-bond acceptors (Lipinski definition) is 2. The van der Waals surface area contributed by atoms with E-state index in [1.807, 2.05) is 43.4 Å². The van der Waals surface area contributed by atoms with Gasteiger partial charge in [0.25, 0.3) is 0 Å². The van der Waals surface area contributed by atoms with E-state index in [9.17, 15) is 0 Å². The zero-order valence-electron chi connectivity index (χ0n) is 10.6. The number of nitrogens with one attached hydrogen (secondary N) is 1. The van der Waals surface area contributed by atoms with Crippen molar-refractivity contribution in [3.05, 3.63) is 41.4 Å². The Hall–Kier alpha value is -1.25. The summed E-state index contributed by atoms with van der Waals surface area (Å²) in [6, 6.07) is 11.9. The molecule has 0 amide bonds. The molecule has 0 spiro atoms. The molecule has 0 bridgehead atoms. The van der Waals surface area contributed by atoms with Gasteiger partial charge in [0.2, 0.25) is 0 Å². The van der Waals surface area contributed by atoms with E-state index in [2.05, 4.69) is 5.32 Å². The predicted molar refractivity (Wildman–Crippen MR) is 77.6 cm³/mol. The number of ether oxygens (including phenoxy) is 1. The molecule has 2 rings (SSSR count). The second kappa shape index (κ2) is 6.62. The first kappa shape index (κ1) is 13.2. The van der Waals surface area contributed by atoms with E-state index in [0.29, 0.717) is 0 Å². The lowest BCUT2D eigenvalue weighted by Gasteiger charge is -2.10. The molecule has 0 aliphatic rings. The summed E-state index contributed by atoms with van der Waals surface area (Å²) in [6.07, 6.45) is 2.18. The van der Waals surface area contributed by atoms with Gasteiger partial charge in [0.05, 0.1) is 6.61 Å². The third kappa shape index (κ3) is 3.15. The maximum atomic E-state index is 6.17. The van der Waals surface area contributed by atoms with E-state index in [-0.39, 0.29) is 0 Å². The fourth-order valence-corrected chi connectivity index (χ4v) is 2.17. The summed E-state index contributed by atoms with van der Waals surface area (Å²) >= 11 is 6.17. The highest BCUT2D eigenvalue weighted by molar-refractivity contribution is 6.35. The maximum Gasteiger partial charge on any atom is 0.127 e. The molecular weight excluding hydrogens is 246 g/mol. The number of halogens is 1. The van der Waals surface area contributed by atoms with Gasteiger partial charge in [0.1, 0.15) is 5.75 Å². The van der Waals surface area contributed by atoms with Crippen LogP contribution in [0.25, 0.3) is 10.8 Å². The fraction of sp³-hybridized carbons (Fsp3) is 0.333. The van der Waals surface area contributed by atoms with Gasteiger partial charge >= 0.3 is 0 Å². The Bertz CT molecular complexity index is 513. The van der Waals surface area contributed by atoms with E-state index in [1.54, 1.807) is 0 Å². The van der Waals surface area contributed by atoms with Crippen molar-refractivity contribution in [2.45, 2.75) is 12.8 Å². The number of fused-ring (bicyclic) bond motifs is 1. The Morgan fingerprint density at radius 2 is 1.83 bits per heavy atom. The molecule has 0 radical (unpaired) electrons. The lowest BCUT2D eigenvalue weighted by Crippen LogP contribution is -2.09. The normalized spacial score (nSPS) is 10.8. The molecular formula is C15H18ClNO. The summed E-state index contributed by atoms with van der Waals surface area (Å²) in [5, 5.41) is 6.03. The third-order valence-corrected chi connectivity index (χ3v) is 3.24. The van der Waals surface area contributed by atoms with Gasteiger partial charge in [-0.1, -0.05) is 35.9 Å². The summed E-state index contributed by atoms with van der Waals surface area (Å²) in [5.74, 6) is 0.916. The van der Waals surface area contributed by atoms with Crippen molar-refractivity contribution in [2.24, 2.45) is 0 Å². The van der Waals surface area contributed by atoms with Crippen molar-refractivity contribution in [3.63, 3.8) is 0 Å².